The molecule has 0 saturated carbocycles. The molecule has 160 valence electrons. The third-order valence-electron chi connectivity index (χ3n) is 5.08. The fourth-order valence-corrected chi connectivity index (χ4v) is 3.58. The van der Waals surface area contributed by atoms with Crippen LogP contribution in [-0.4, -0.2) is 54.6 Å². The van der Waals surface area contributed by atoms with E-state index in [1.165, 1.54) is 4.90 Å². The lowest BCUT2D eigenvalue weighted by atomic mass is 9.92. The largest absolute Gasteiger partial charge is 0.444 e. The molecule has 1 aromatic carbocycles. The van der Waals surface area contributed by atoms with Crippen LogP contribution in [0.2, 0.25) is 5.02 Å². The Bertz CT molecular complexity index is 773. The van der Waals surface area contributed by atoms with Gasteiger partial charge >= 0.3 is 6.09 Å². The lowest BCUT2D eigenvalue weighted by molar-refractivity contribution is 0.0185. The number of carbonyl (C=O) groups is 2. The Labute approximate surface area is 179 Å². The summed E-state index contributed by atoms with van der Waals surface area (Å²) in [5.74, 6) is 0.452. The van der Waals surface area contributed by atoms with Crippen LogP contribution in [0.1, 0.15) is 62.9 Å². The van der Waals surface area contributed by atoms with E-state index in [1.807, 2.05) is 32.9 Å². The fourth-order valence-electron chi connectivity index (χ4n) is 3.31. The van der Waals surface area contributed by atoms with Crippen molar-refractivity contribution in [2.45, 2.75) is 52.6 Å². The van der Waals surface area contributed by atoms with Gasteiger partial charge in [-0.15, -0.1) is 0 Å². The summed E-state index contributed by atoms with van der Waals surface area (Å²) in [6.07, 6.45) is 4.92. The van der Waals surface area contributed by atoms with Gasteiger partial charge in [0.25, 0.3) is 5.91 Å². The molecule has 1 saturated heterocycles. The molecule has 0 radical (unpaired) electrons. The van der Waals surface area contributed by atoms with E-state index in [0.29, 0.717) is 16.5 Å². The number of amides is 2. The molecule has 1 aliphatic rings. The Morgan fingerprint density at radius 3 is 2.38 bits per heavy atom. The van der Waals surface area contributed by atoms with Gasteiger partial charge in [-0.05, 0) is 76.1 Å². The summed E-state index contributed by atoms with van der Waals surface area (Å²) in [6.45, 7) is 9.20. The molecule has 0 aromatic heterocycles. The van der Waals surface area contributed by atoms with E-state index in [1.54, 1.807) is 25.1 Å². The molecular formula is C23H33ClN2O3. The standard InChI is InChI=1S/C23H33ClN2O3/c1-16(18-9-10-19(20(24)15-18)21(27)25(5)6)7-8-17-11-13-26(14-12-17)22(28)29-23(2,3)4/h7,9-10,15,17H,8,11-14H2,1-6H3/b16-7+. The Hall–Kier alpha value is -2.01. The normalized spacial score (nSPS) is 16.0. The van der Waals surface area contributed by atoms with Crippen molar-refractivity contribution < 1.29 is 14.3 Å². The molecule has 0 spiro atoms. The number of hydrogen-bond donors (Lipinski definition) is 0. The van der Waals surface area contributed by atoms with Crippen LogP contribution < -0.4 is 0 Å². The number of nitrogens with zero attached hydrogens (tertiary/aromatic N) is 2. The third-order valence-corrected chi connectivity index (χ3v) is 5.40. The summed E-state index contributed by atoms with van der Waals surface area (Å²) < 4.78 is 5.46. The maximum absolute atomic E-state index is 12.2. The number of carbonyl (C=O) groups excluding carboxylic acids is 2. The Kier molecular flexibility index (Phi) is 7.75. The van der Waals surface area contributed by atoms with Gasteiger partial charge in [-0.25, -0.2) is 4.79 Å². The highest BCUT2D eigenvalue weighted by molar-refractivity contribution is 6.34. The number of likely N-dealkylation sites (tertiary alicyclic amines) is 1. The summed E-state index contributed by atoms with van der Waals surface area (Å²) in [5, 5.41) is 0.472. The minimum atomic E-state index is -0.457. The third kappa shape index (κ3) is 6.77. The van der Waals surface area contributed by atoms with E-state index in [2.05, 4.69) is 13.0 Å². The number of allylic oxidation sites excluding steroid dienone is 2. The molecule has 0 bridgehead atoms. The SMILES string of the molecule is C/C(=C\CC1CCN(C(=O)OC(C)(C)C)CC1)c1ccc(C(=O)N(C)C)c(Cl)c1. The van der Waals surface area contributed by atoms with Crippen LogP contribution in [-0.2, 0) is 4.74 Å². The van der Waals surface area contributed by atoms with Crippen LogP contribution in [0.4, 0.5) is 4.79 Å². The molecule has 0 aliphatic carbocycles. The average molecular weight is 421 g/mol. The second kappa shape index (κ2) is 9.66. The quantitative estimate of drug-likeness (QED) is 0.647. The molecule has 5 nitrogen and oxygen atoms in total. The lowest BCUT2D eigenvalue weighted by Crippen LogP contribution is -2.41. The Morgan fingerprint density at radius 1 is 1.24 bits per heavy atom. The van der Waals surface area contributed by atoms with Crippen molar-refractivity contribution in [3.63, 3.8) is 0 Å². The first-order chi connectivity index (χ1) is 13.5. The monoisotopic (exact) mass is 420 g/mol. The molecule has 6 heteroatoms. The highest BCUT2D eigenvalue weighted by atomic mass is 35.5. The predicted octanol–water partition coefficient (Wildman–Crippen LogP) is 5.48. The van der Waals surface area contributed by atoms with Gasteiger partial charge in [-0.2, -0.15) is 0 Å². The fraction of sp³-hybridized carbons (Fsp3) is 0.565. The second-order valence-electron chi connectivity index (χ2n) is 8.93. The first-order valence-electron chi connectivity index (χ1n) is 10.1. The first-order valence-corrected chi connectivity index (χ1v) is 10.5. The zero-order valence-electron chi connectivity index (χ0n) is 18.4. The molecule has 1 fully saturated rings. The topological polar surface area (TPSA) is 49.9 Å². The van der Waals surface area contributed by atoms with Crippen LogP contribution in [0.25, 0.3) is 5.57 Å². The first kappa shape index (κ1) is 23.3. The number of halogens is 1. The number of ether oxygens (including phenoxy) is 1. The number of rotatable bonds is 4. The molecule has 0 N–H and O–H groups in total. The summed E-state index contributed by atoms with van der Waals surface area (Å²) >= 11 is 6.33. The smallest absolute Gasteiger partial charge is 0.410 e. The van der Waals surface area contributed by atoms with Crippen molar-refractivity contribution in [3.05, 3.63) is 40.4 Å². The second-order valence-corrected chi connectivity index (χ2v) is 9.34. The van der Waals surface area contributed by atoms with E-state index < -0.39 is 5.60 Å². The number of hydrogen-bond acceptors (Lipinski definition) is 3. The van der Waals surface area contributed by atoms with Gasteiger partial charge in [0.2, 0.25) is 0 Å². The highest BCUT2D eigenvalue weighted by Gasteiger charge is 2.26. The molecule has 2 amide bonds. The van der Waals surface area contributed by atoms with Crippen LogP contribution in [0.15, 0.2) is 24.3 Å². The van der Waals surface area contributed by atoms with E-state index >= 15 is 0 Å². The molecule has 0 atom stereocenters. The molecule has 1 aliphatic heterocycles. The van der Waals surface area contributed by atoms with Gasteiger partial charge in [0.05, 0.1) is 10.6 Å². The summed E-state index contributed by atoms with van der Waals surface area (Å²) in [7, 11) is 3.43. The van der Waals surface area contributed by atoms with Crippen molar-refractivity contribution in [2.75, 3.05) is 27.2 Å². The van der Waals surface area contributed by atoms with Gasteiger partial charge in [-0.1, -0.05) is 23.7 Å². The van der Waals surface area contributed by atoms with Gasteiger partial charge in [-0.3, -0.25) is 4.79 Å². The Balaban J connectivity index is 1.92. The van der Waals surface area contributed by atoms with Gasteiger partial charge < -0.3 is 14.5 Å². The van der Waals surface area contributed by atoms with Gasteiger partial charge in [0.15, 0.2) is 0 Å². The Morgan fingerprint density at radius 2 is 1.86 bits per heavy atom. The maximum Gasteiger partial charge on any atom is 0.410 e. The molecule has 29 heavy (non-hydrogen) atoms. The minimum Gasteiger partial charge on any atom is -0.444 e. The summed E-state index contributed by atoms with van der Waals surface area (Å²) in [6, 6.07) is 5.59. The van der Waals surface area contributed by atoms with Crippen LogP contribution in [0.5, 0.6) is 0 Å². The lowest BCUT2D eigenvalue weighted by Gasteiger charge is -2.33. The van der Waals surface area contributed by atoms with E-state index in [0.717, 1.165) is 43.5 Å². The zero-order chi connectivity index (χ0) is 21.8. The molecule has 1 aromatic rings. The van der Waals surface area contributed by atoms with Crippen LogP contribution in [0.3, 0.4) is 0 Å². The van der Waals surface area contributed by atoms with Crippen molar-refractivity contribution in [3.8, 4) is 0 Å². The van der Waals surface area contributed by atoms with E-state index in [9.17, 15) is 9.59 Å². The number of benzene rings is 1. The van der Waals surface area contributed by atoms with Crippen molar-refractivity contribution >= 4 is 29.2 Å². The zero-order valence-corrected chi connectivity index (χ0v) is 19.2. The summed E-state index contributed by atoms with van der Waals surface area (Å²) in [5.41, 5.74) is 2.23. The predicted molar refractivity (Wildman–Crippen MR) is 118 cm³/mol. The van der Waals surface area contributed by atoms with Crippen LogP contribution in [0, 0.1) is 5.92 Å². The van der Waals surface area contributed by atoms with Crippen LogP contribution >= 0.6 is 11.6 Å². The van der Waals surface area contributed by atoms with E-state index in [-0.39, 0.29) is 12.0 Å². The van der Waals surface area contributed by atoms with Crippen molar-refractivity contribution in [1.82, 2.24) is 9.80 Å². The molecule has 2 rings (SSSR count). The van der Waals surface area contributed by atoms with E-state index in [4.69, 9.17) is 16.3 Å². The number of piperidine rings is 1. The summed E-state index contributed by atoms with van der Waals surface area (Å²) in [4.78, 5) is 27.6. The molecular weight excluding hydrogens is 388 g/mol. The molecule has 1 heterocycles. The van der Waals surface area contributed by atoms with Crippen molar-refractivity contribution in [2.24, 2.45) is 5.92 Å². The highest BCUT2D eigenvalue weighted by Crippen LogP contribution is 2.27. The van der Waals surface area contributed by atoms with Gasteiger partial charge in [0.1, 0.15) is 5.60 Å². The minimum absolute atomic E-state index is 0.0973. The molecule has 0 unspecified atom stereocenters. The van der Waals surface area contributed by atoms with Crippen molar-refractivity contribution in [1.29, 1.82) is 0 Å². The maximum atomic E-state index is 12.2. The average Bonchev–Trinajstić information content (AvgIpc) is 2.64. The van der Waals surface area contributed by atoms with Gasteiger partial charge in [0, 0.05) is 27.2 Å².